The van der Waals surface area contributed by atoms with Crippen LogP contribution in [0.5, 0.6) is 0 Å². The Balaban J connectivity index is 3.41. The number of aliphatic hydroxyl groups excluding tert-OH is 1. The largest absolute Gasteiger partial charge is 0.396 e. The summed E-state index contributed by atoms with van der Waals surface area (Å²) in [7, 11) is 0. The van der Waals surface area contributed by atoms with E-state index in [2.05, 4.69) is 11.2 Å². The van der Waals surface area contributed by atoms with Gasteiger partial charge in [-0.2, -0.15) is 0 Å². The van der Waals surface area contributed by atoms with Gasteiger partial charge in [-0.25, -0.2) is 0 Å². The molecule has 0 rings (SSSR count). The summed E-state index contributed by atoms with van der Waals surface area (Å²) < 4.78 is 0. The standard InChI is InChI=1S/C10H17NO2/c1-3-4-5-10(13)11-8-9(2)6-7-12/h1,9,12H,4-8H2,2H3,(H,11,13). The Morgan fingerprint density at radius 2 is 2.38 bits per heavy atom. The highest BCUT2D eigenvalue weighted by atomic mass is 16.3. The number of aliphatic hydroxyl groups is 1. The molecule has 0 aliphatic heterocycles. The molecule has 0 fully saturated rings. The maximum atomic E-state index is 11.0. The van der Waals surface area contributed by atoms with E-state index < -0.39 is 0 Å². The van der Waals surface area contributed by atoms with Crippen LogP contribution in [0.3, 0.4) is 0 Å². The van der Waals surface area contributed by atoms with Crippen molar-refractivity contribution in [1.29, 1.82) is 0 Å². The zero-order valence-corrected chi connectivity index (χ0v) is 8.05. The van der Waals surface area contributed by atoms with Gasteiger partial charge in [-0.05, 0) is 12.3 Å². The monoisotopic (exact) mass is 183 g/mol. The Kier molecular flexibility index (Phi) is 7.04. The number of amides is 1. The summed E-state index contributed by atoms with van der Waals surface area (Å²) in [6, 6.07) is 0. The molecule has 0 aromatic carbocycles. The van der Waals surface area contributed by atoms with Gasteiger partial charge in [0.25, 0.3) is 0 Å². The minimum Gasteiger partial charge on any atom is -0.396 e. The van der Waals surface area contributed by atoms with Crippen LogP contribution in [0.2, 0.25) is 0 Å². The molecule has 0 aliphatic carbocycles. The van der Waals surface area contributed by atoms with Gasteiger partial charge < -0.3 is 10.4 Å². The Bertz CT molecular complexity index is 184. The van der Waals surface area contributed by atoms with Gasteiger partial charge in [0.1, 0.15) is 0 Å². The molecule has 0 spiro atoms. The molecule has 13 heavy (non-hydrogen) atoms. The highest BCUT2D eigenvalue weighted by molar-refractivity contribution is 5.76. The molecular formula is C10H17NO2. The number of hydrogen-bond donors (Lipinski definition) is 2. The van der Waals surface area contributed by atoms with Crippen molar-refractivity contribution in [3.05, 3.63) is 0 Å². The molecule has 3 nitrogen and oxygen atoms in total. The Morgan fingerprint density at radius 1 is 1.69 bits per heavy atom. The first-order valence-electron chi connectivity index (χ1n) is 4.51. The lowest BCUT2D eigenvalue weighted by atomic mass is 10.1. The van der Waals surface area contributed by atoms with Crippen LogP contribution in [0.1, 0.15) is 26.2 Å². The molecule has 0 heterocycles. The summed E-state index contributed by atoms with van der Waals surface area (Å²) in [5.41, 5.74) is 0. The fourth-order valence-corrected chi connectivity index (χ4v) is 0.885. The predicted molar refractivity (Wildman–Crippen MR) is 51.9 cm³/mol. The number of hydrogen-bond acceptors (Lipinski definition) is 2. The SMILES string of the molecule is C#CCCC(=O)NCC(C)CCO. The third kappa shape index (κ3) is 7.35. The lowest BCUT2D eigenvalue weighted by molar-refractivity contribution is -0.121. The summed E-state index contributed by atoms with van der Waals surface area (Å²) in [4.78, 5) is 11.0. The van der Waals surface area contributed by atoms with Crippen LogP contribution >= 0.6 is 0 Å². The molecule has 0 bridgehead atoms. The summed E-state index contributed by atoms with van der Waals surface area (Å²) in [5.74, 6) is 2.72. The van der Waals surface area contributed by atoms with E-state index in [-0.39, 0.29) is 12.5 Å². The molecule has 0 radical (unpaired) electrons. The van der Waals surface area contributed by atoms with Crippen molar-refractivity contribution in [2.75, 3.05) is 13.2 Å². The zero-order chi connectivity index (χ0) is 10.1. The van der Waals surface area contributed by atoms with Crippen molar-refractivity contribution in [3.63, 3.8) is 0 Å². The van der Waals surface area contributed by atoms with E-state index in [0.717, 1.165) is 6.42 Å². The summed E-state index contributed by atoms with van der Waals surface area (Å²) >= 11 is 0. The van der Waals surface area contributed by atoms with E-state index in [9.17, 15) is 4.79 Å². The smallest absolute Gasteiger partial charge is 0.220 e. The predicted octanol–water partition coefficient (Wildman–Crippen LogP) is 0.534. The molecule has 0 aliphatic rings. The highest BCUT2D eigenvalue weighted by Crippen LogP contribution is 1.98. The van der Waals surface area contributed by atoms with Crippen molar-refractivity contribution in [1.82, 2.24) is 5.32 Å². The first-order valence-corrected chi connectivity index (χ1v) is 4.51. The minimum absolute atomic E-state index is 0.0114. The highest BCUT2D eigenvalue weighted by Gasteiger charge is 2.03. The average molecular weight is 183 g/mol. The average Bonchev–Trinajstić information content (AvgIpc) is 2.12. The van der Waals surface area contributed by atoms with Crippen LogP contribution in [0.4, 0.5) is 0 Å². The summed E-state index contributed by atoms with van der Waals surface area (Å²) in [6.07, 6.45) is 6.61. The van der Waals surface area contributed by atoms with Crippen LogP contribution < -0.4 is 5.32 Å². The molecule has 1 amide bonds. The van der Waals surface area contributed by atoms with Crippen LogP contribution in [0.25, 0.3) is 0 Å². The summed E-state index contributed by atoms with van der Waals surface area (Å²) in [6.45, 7) is 2.77. The fraction of sp³-hybridized carbons (Fsp3) is 0.700. The number of terminal acetylenes is 1. The van der Waals surface area contributed by atoms with Crippen molar-refractivity contribution in [3.8, 4) is 12.3 Å². The number of rotatable bonds is 6. The van der Waals surface area contributed by atoms with Gasteiger partial charge in [-0.3, -0.25) is 4.79 Å². The van der Waals surface area contributed by atoms with Crippen LogP contribution in [-0.4, -0.2) is 24.2 Å². The molecule has 2 N–H and O–H groups in total. The third-order valence-corrected chi connectivity index (χ3v) is 1.77. The second-order valence-corrected chi connectivity index (χ2v) is 3.13. The molecule has 0 aromatic rings. The van der Waals surface area contributed by atoms with Gasteiger partial charge in [0.15, 0.2) is 0 Å². The Hall–Kier alpha value is -1.01. The maximum absolute atomic E-state index is 11.0. The lowest BCUT2D eigenvalue weighted by Gasteiger charge is -2.10. The normalized spacial score (nSPS) is 11.8. The Morgan fingerprint density at radius 3 is 2.92 bits per heavy atom. The van der Waals surface area contributed by atoms with E-state index in [4.69, 9.17) is 11.5 Å². The van der Waals surface area contributed by atoms with Gasteiger partial charge in [0.05, 0.1) is 0 Å². The molecule has 1 atom stereocenters. The molecule has 0 saturated heterocycles. The van der Waals surface area contributed by atoms with E-state index in [1.807, 2.05) is 6.92 Å². The van der Waals surface area contributed by atoms with Gasteiger partial charge in [0.2, 0.25) is 5.91 Å². The lowest BCUT2D eigenvalue weighted by Crippen LogP contribution is -2.28. The van der Waals surface area contributed by atoms with Crippen molar-refractivity contribution >= 4 is 5.91 Å². The molecule has 74 valence electrons. The van der Waals surface area contributed by atoms with E-state index >= 15 is 0 Å². The zero-order valence-electron chi connectivity index (χ0n) is 8.05. The van der Waals surface area contributed by atoms with Gasteiger partial charge in [-0.1, -0.05) is 6.92 Å². The molecule has 3 heteroatoms. The Labute approximate surface area is 79.5 Å². The van der Waals surface area contributed by atoms with E-state index in [1.165, 1.54) is 0 Å². The number of carbonyl (C=O) groups excluding carboxylic acids is 1. The van der Waals surface area contributed by atoms with Crippen molar-refractivity contribution in [2.24, 2.45) is 5.92 Å². The first kappa shape index (κ1) is 12.0. The van der Waals surface area contributed by atoms with Crippen molar-refractivity contribution < 1.29 is 9.90 Å². The number of carbonyl (C=O) groups is 1. The molecular weight excluding hydrogens is 166 g/mol. The summed E-state index contributed by atoms with van der Waals surface area (Å²) in [5, 5.41) is 11.4. The van der Waals surface area contributed by atoms with Crippen molar-refractivity contribution in [2.45, 2.75) is 26.2 Å². The third-order valence-electron chi connectivity index (χ3n) is 1.77. The maximum Gasteiger partial charge on any atom is 0.220 e. The van der Waals surface area contributed by atoms with E-state index in [1.54, 1.807) is 0 Å². The molecule has 0 saturated carbocycles. The first-order chi connectivity index (χ1) is 6.20. The van der Waals surface area contributed by atoms with Crippen LogP contribution in [0.15, 0.2) is 0 Å². The molecule has 0 aromatic heterocycles. The van der Waals surface area contributed by atoms with Gasteiger partial charge >= 0.3 is 0 Å². The second kappa shape index (κ2) is 7.63. The molecule has 1 unspecified atom stereocenters. The second-order valence-electron chi connectivity index (χ2n) is 3.13. The van der Waals surface area contributed by atoms with Crippen LogP contribution in [0, 0.1) is 18.3 Å². The fourth-order valence-electron chi connectivity index (χ4n) is 0.885. The van der Waals surface area contributed by atoms with E-state index in [0.29, 0.717) is 25.3 Å². The van der Waals surface area contributed by atoms with Crippen LogP contribution in [-0.2, 0) is 4.79 Å². The number of nitrogens with one attached hydrogen (secondary N) is 1. The minimum atomic E-state index is -0.0114. The topological polar surface area (TPSA) is 49.3 Å². The quantitative estimate of drug-likeness (QED) is 0.590. The van der Waals surface area contributed by atoms with Gasteiger partial charge in [0, 0.05) is 26.0 Å². The van der Waals surface area contributed by atoms with Gasteiger partial charge in [-0.15, -0.1) is 12.3 Å².